The molecule has 126 valence electrons. The number of aliphatic hydroxyl groups is 1. The molecule has 0 aromatic heterocycles. The van der Waals surface area contributed by atoms with Gasteiger partial charge in [-0.15, -0.1) is 0 Å². The van der Waals surface area contributed by atoms with Crippen LogP contribution in [0.5, 0.6) is 0 Å². The van der Waals surface area contributed by atoms with Crippen LogP contribution in [0.2, 0.25) is 0 Å². The smallest absolute Gasteiger partial charge is 0.0870 e. The van der Waals surface area contributed by atoms with Crippen LogP contribution in [0.3, 0.4) is 0 Å². The second-order valence-corrected chi connectivity index (χ2v) is 4.76. The van der Waals surface area contributed by atoms with Crippen molar-refractivity contribution in [3.05, 3.63) is 48.2 Å². The van der Waals surface area contributed by atoms with Gasteiger partial charge in [-0.25, -0.2) is 0 Å². The van der Waals surface area contributed by atoms with E-state index in [0.717, 1.165) is 30.6 Å². The van der Waals surface area contributed by atoms with E-state index in [2.05, 4.69) is 44.7 Å². The molecule has 0 unspecified atom stereocenters. The van der Waals surface area contributed by atoms with E-state index in [1.165, 1.54) is 11.1 Å². The van der Waals surface area contributed by atoms with Crippen molar-refractivity contribution in [3.63, 3.8) is 0 Å². The molecule has 2 nitrogen and oxygen atoms in total. The lowest BCUT2D eigenvalue weighted by molar-refractivity contribution is 0.251. The summed E-state index contributed by atoms with van der Waals surface area (Å²) in [5.41, 5.74) is 4.61. The van der Waals surface area contributed by atoms with Gasteiger partial charge in [-0.3, -0.25) is 0 Å². The molecular weight excluding hydrogens is 272 g/mol. The van der Waals surface area contributed by atoms with E-state index >= 15 is 0 Å². The van der Waals surface area contributed by atoms with Crippen molar-refractivity contribution in [2.24, 2.45) is 0 Å². The van der Waals surface area contributed by atoms with Gasteiger partial charge in [0.25, 0.3) is 0 Å². The van der Waals surface area contributed by atoms with Gasteiger partial charge in [0.15, 0.2) is 0 Å². The highest BCUT2D eigenvalue weighted by Crippen LogP contribution is 2.19. The third-order valence-corrected chi connectivity index (χ3v) is 2.62. The first-order valence-electron chi connectivity index (χ1n) is 8.22. The number of hydrogen-bond acceptors (Lipinski definition) is 2. The van der Waals surface area contributed by atoms with Crippen LogP contribution < -0.4 is 0 Å². The Morgan fingerprint density at radius 3 is 2.14 bits per heavy atom. The summed E-state index contributed by atoms with van der Waals surface area (Å²) in [5.74, 6) is 0. The first-order chi connectivity index (χ1) is 10.6. The Morgan fingerprint density at radius 2 is 1.68 bits per heavy atom. The molecule has 22 heavy (non-hydrogen) atoms. The summed E-state index contributed by atoms with van der Waals surface area (Å²) in [5, 5.41) is 7.88. The average molecular weight is 306 g/mol. The molecule has 0 aliphatic heterocycles. The largest absolute Gasteiger partial charge is 0.501 e. The molecule has 0 spiro atoms. The third-order valence-electron chi connectivity index (χ3n) is 2.62. The maximum atomic E-state index is 7.88. The fourth-order valence-electron chi connectivity index (χ4n) is 1.40. The Balaban J connectivity index is 0. The molecule has 0 radical (unpaired) electrons. The fraction of sp³-hybridized carbons (Fsp3) is 0.500. The highest BCUT2D eigenvalue weighted by molar-refractivity contribution is 5.69. The number of benzene rings is 1. The monoisotopic (exact) mass is 306 g/mol. The van der Waals surface area contributed by atoms with Crippen LogP contribution in [0.4, 0.5) is 0 Å². The molecule has 1 rings (SSSR count). The van der Waals surface area contributed by atoms with E-state index in [1.54, 1.807) is 0 Å². The number of allylic oxidation sites excluding steroid dienone is 2. The van der Waals surface area contributed by atoms with E-state index in [0.29, 0.717) is 6.61 Å². The second-order valence-electron chi connectivity index (χ2n) is 4.76. The van der Waals surface area contributed by atoms with Crippen LogP contribution in [-0.2, 0) is 4.74 Å². The zero-order chi connectivity index (χ0) is 17.4. The molecule has 1 aromatic rings. The standard InChI is InChI=1S/C15H20O.C3H8O.C2H6/c1-5-9-16-11-13(4)15-8-6-7-14(10-15)12(2)3;1-2-3-4;1-2/h6-8,10-11H,2,5,9H2,1,3-4H3;4H,2-3H2,1H3;1-2H3/b13-11+;;. The normalized spacial score (nSPS) is 9.86. The van der Waals surface area contributed by atoms with Gasteiger partial charge in [0, 0.05) is 6.61 Å². The lowest BCUT2D eigenvalue weighted by Gasteiger charge is -2.06. The van der Waals surface area contributed by atoms with Crippen molar-refractivity contribution >= 4 is 11.1 Å². The van der Waals surface area contributed by atoms with E-state index in [9.17, 15) is 0 Å². The van der Waals surface area contributed by atoms with Gasteiger partial charge < -0.3 is 9.84 Å². The number of ether oxygens (including phenoxy) is 1. The molecular formula is C20H34O2. The van der Waals surface area contributed by atoms with Crippen molar-refractivity contribution < 1.29 is 9.84 Å². The minimum absolute atomic E-state index is 0.319. The zero-order valence-electron chi connectivity index (χ0n) is 15.3. The van der Waals surface area contributed by atoms with E-state index in [1.807, 2.05) is 34.0 Å². The molecule has 0 saturated heterocycles. The lowest BCUT2D eigenvalue weighted by atomic mass is 10.0. The SMILES string of the molecule is C=C(C)c1cccc(/C(C)=C/OCCC)c1.CC.CCCO. The quantitative estimate of drug-likeness (QED) is 0.522. The Hall–Kier alpha value is -1.54. The Morgan fingerprint density at radius 1 is 1.14 bits per heavy atom. The summed E-state index contributed by atoms with van der Waals surface area (Å²) in [7, 11) is 0. The summed E-state index contributed by atoms with van der Waals surface area (Å²) in [6.45, 7) is 17.2. The topological polar surface area (TPSA) is 29.5 Å². The fourth-order valence-corrected chi connectivity index (χ4v) is 1.40. The average Bonchev–Trinajstić information content (AvgIpc) is 2.57. The van der Waals surface area contributed by atoms with Gasteiger partial charge in [-0.2, -0.15) is 0 Å². The molecule has 0 aliphatic rings. The van der Waals surface area contributed by atoms with Gasteiger partial charge in [-0.1, -0.05) is 58.0 Å². The third kappa shape index (κ3) is 11.2. The zero-order valence-corrected chi connectivity index (χ0v) is 15.3. The van der Waals surface area contributed by atoms with Crippen LogP contribution in [-0.4, -0.2) is 18.3 Å². The molecule has 1 N–H and O–H groups in total. The van der Waals surface area contributed by atoms with Crippen LogP contribution in [0.1, 0.15) is 65.5 Å². The first kappa shape index (κ1) is 22.7. The molecule has 0 saturated carbocycles. The van der Waals surface area contributed by atoms with Crippen molar-refractivity contribution in [2.75, 3.05) is 13.2 Å². The minimum Gasteiger partial charge on any atom is -0.501 e. The highest BCUT2D eigenvalue weighted by atomic mass is 16.5. The van der Waals surface area contributed by atoms with Crippen molar-refractivity contribution in [3.8, 4) is 0 Å². The van der Waals surface area contributed by atoms with Gasteiger partial charge in [0.1, 0.15) is 0 Å². The van der Waals surface area contributed by atoms with Crippen molar-refractivity contribution in [2.45, 2.75) is 54.4 Å². The molecule has 0 heterocycles. The summed E-state index contributed by atoms with van der Waals surface area (Å²) < 4.78 is 5.41. The summed E-state index contributed by atoms with van der Waals surface area (Å²) in [6, 6.07) is 8.36. The molecule has 0 aliphatic carbocycles. The molecule has 0 atom stereocenters. The second kappa shape index (κ2) is 15.8. The number of rotatable bonds is 6. The molecule has 0 bridgehead atoms. The minimum atomic E-state index is 0.319. The van der Waals surface area contributed by atoms with Gasteiger partial charge in [-0.05, 0) is 49.5 Å². The molecule has 0 fully saturated rings. The van der Waals surface area contributed by atoms with Crippen molar-refractivity contribution in [1.29, 1.82) is 0 Å². The predicted molar refractivity (Wildman–Crippen MR) is 99.8 cm³/mol. The lowest BCUT2D eigenvalue weighted by Crippen LogP contribution is -1.87. The summed E-state index contributed by atoms with van der Waals surface area (Å²) in [4.78, 5) is 0. The van der Waals surface area contributed by atoms with Crippen LogP contribution in [0, 0.1) is 0 Å². The maximum Gasteiger partial charge on any atom is 0.0870 e. The summed E-state index contributed by atoms with van der Waals surface area (Å²) in [6.07, 6.45) is 3.75. The summed E-state index contributed by atoms with van der Waals surface area (Å²) >= 11 is 0. The molecule has 1 aromatic carbocycles. The molecule has 0 amide bonds. The molecule has 2 heteroatoms. The van der Waals surface area contributed by atoms with Crippen molar-refractivity contribution in [1.82, 2.24) is 0 Å². The number of aliphatic hydroxyl groups excluding tert-OH is 1. The predicted octanol–water partition coefficient (Wildman–Crippen LogP) is 5.92. The number of hydrogen-bond donors (Lipinski definition) is 1. The van der Waals surface area contributed by atoms with Gasteiger partial charge in [0.05, 0.1) is 12.9 Å². The Labute approximate surface area is 137 Å². The van der Waals surface area contributed by atoms with E-state index in [-0.39, 0.29) is 0 Å². The Bertz CT molecular complexity index is 417. The maximum absolute atomic E-state index is 7.88. The van der Waals surface area contributed by atoms with Crippen LogP contribution in [0.25, 0.3) is 11.1 Å². The first-order valence-corrected chi connectivity index (χ1v) is 8.22. The van der Waals surface area contributed by atoms with Gasteiger partial charge in [0.2, 0.25) is 0 Å². The van der Waals surface area contributed by atoms with E-state index in [4.69, 9.17) is 9.84 Å². The van der Waals surface area contributed by atoms with E-state index < -0.39 is 0 Å². The Kier molecular flexibility index (Phi) is 16.4. The van der Waals surface area contributed by atoms with Crippen LogP contribution in [0.15, 0.2) is 37.1 Å². The van der Waals surface area contributed by atoms with Gasteiger partial charge >= 0.3 is 0 Å². The van der Waals surface area contributed by atoms with Crippen LogP contribution >= 0.6 is 0 Å². The highest BCUT2D eigenvalue weighted by Gasteiger charge is 1.98.